The number of hydrogen-bond acceptors (Lipinski definition) is 4. The monoisotopic (exact) mass is 465 g/mol. The molecule has 0 N–H and O–H groups in total. The zero-order valence-electron chi connectivity index (χ0n) is 20.3. The van der Waals surface area contributed by atoms with Crippen LogP contribution >= 0.6 is 0 Å². The third kappa shape index (κ3) is 3.18. The Hall–Kier alpha value is -4.57. The van der Waals surface area contributed by atoms with Gasteiger partial charge >= 0.3 is 0 Å². The number of rotatable bonds is 2. The molecule has 0 aliphatic rings. The average molecular weight is 466 g/mol. The van der Waals surface area contributed by atoms with Crippen LogP contribution in [0.3, 0.4) is 0 Å². The van der Waals surface area contributed by atoms with Crippen molar-refractivity contribution in [2.75, 3.05) is 0 Å². The minimum absolute atomic E-state index is 0.823. The van der Waals surface area contributed by atoms with E-state index in [9.17, 15) is 0 Å². The van der Waals surface area contributed by atoms with Crippen LogP contribution in [0.15, 0.2) is 89.5 Å². The maximum absolute atomic E-state index is 6.54. The van der Waals surface area contributed by atoms with Gasteiger partial charge in [0.05, 0.1) is 11.2 Å². The van der Waals surface area contributed by atoms with E-state index in [1.807, 2.05) is 26.1 Å². The zero-order chi connectivity index (χ0) is 24.4. The van der Waals surface area contributed by atoms with Crippen molar-refractivity contribution in [1.29, 1.82) is 0 Å². The van der Waals surface area contributed by atoms with Gasteiger partial charge in [0, 0.05) is 44.7 Å². The summed E-state index contributed by atoms with van der Waals surface area (Å²) in [6, 6.07) is 27.4. The first-order valence-corrected chi connectivity index (χ1v) is 12.1. The van der Waals surface area contributed by atoms with Gasteiger partial charge in [-0.25, -0.2) is 4.98 Å². The van der Waals surface area contributed by atoms with Gasteiger partial charge in [-0.1, -0.05) is 36.4 Å². The van der Waals surface area contributed by atoms with Crippen molar-refractivity contribution in [2.24, 2.45) is 0 Å². The molecule has 0 unspecified atom stereocenters. The second-order valence-electron chi connectivity index (χ2n) is 9.50. The molecule has 4 heterocycles. The highest BCUT2D eigenvalue weighted by Crippen LogP contribution is 2.39. The van der Waals surface area contributed by atoms with E-state index in [1.165, 1.54) is 0 Å². The Kier molecular flexibility index (Phi) is 4.45. The SMILES string of the molecule is Cc1ccc2cc(-c3cc(-c4cccc5c4oc4c5ccc5ccc(C)nc54)ncc3C)ccc2n1. The molecular weight excluding hydrogens is 442 g/mol. The van der Waals surface area contributed by atoms with E-state index in [1.54, 1.807) is 0 Å². The summed E-state index contributed by atoms with van der Waals surface area (Å²) >= 11 is 0. The lowest BCUT2D eigenvalue weighted by atomic mass is 9.97. The number of fused-ring (bicyclic) bond motifs is 6. The highest BCUT2D eigenvalue weighted by Gasteiger charge is 2.17. The molecule has 4 heteroatoms. The van der Waals surface area contributed by atoms with Crippen LogP contribution in [-0.4, -0.2) is 15.0 Å². The Balaban J connectivity index is 1.44. The second-order valence-corrected chi connectivity index (χ2v) is 9.50. The highest BCUT2D eigenvalue weighted by atomic mass is 16.3. The van der Waals surface area contributed by atoms with E-state index in [0.717, 1.165) is 83.1 Å². The maximum Gasteiger partial charge on any atom is 0.161 e. The lowest BCUT2D eigenvalue weighted by Gasteiger charge is -2.10. The summed E-state index contributed by atoms with van der Waals surface area (Å²) in [6.07, 6.45) is 1.95. The quantitative estimate of drug-likeness (QED) is 0.257. The molecule has 0 radical (unpaired) electrons. The summed E-state index contributed by atoms with van der Waals surface area (Å²) in [7, 11) is 0. The fourth-order valence-electron chi connectivity index (χ4n) is 5.12. The van der Waals surface area contributed by atoms with Crippen molar-refractivity contribution in [1.82, 2.24) is 15.0 Å². The Morgan fingerprint density at radius 1 is 0.639 bits per heavy atom. The smallest absolute Gasteiger partial charge is 0.161 e. The van der Waals surface area contributed by atoms with E-state index >= 15 is 0 Å². The number of furan rings is 1. The predicted octanol–water partition coefficient (Wildman–Crippen LogP) is 8.34. The molecule has 0 atom stereocenters. The third-order valence-corrected chi connectivity index (χ3v) is 6.98. The van der Waals surface area contributed by atoms with E-state index < -0.39 is 0 Å². The van der Waals surface area contributed by atoms with Crippen LogP contribution in [-0.2, 0) is 0 Å². The number of benzene rings is 3. The van der Waals surface area contributed by atoms with Crippen LogP contribution in [0.25, 0.3) is 66.1 Å². The van der Waals surface area contributed by atoms with Crippen molar-refractivity contribution in [3.8, 4) is 22.4 Å². The van der Waals surface area contributed by atoms with Gasteiger partial charge in [-0.3, -0.25) is 9.97 Å². The molecule has 0 saturated carbocycles. The van der Waals surface area contributed by atoms with Gasteiger partial charge in [0.25, 0.3) is 0 Å². The molecule has 172 valence electrons. The van der Waals surface area contributed by atoms with Crippen LogP contribution < -0.4 is 0 Å². The summed E-state index contributed by atoms with van der Waals surface area (Å²) in [5, 5.41) is 4.35. The number of aromatic nitrogens is 3. The molecule has 0 aliphatic carbocycles. The first-order chi connectivity index (χ1) is 17.5. The molecule has 0 amide bonds. The summed E-state index contributed by atoms with van der Waals surface area (Å²) in [4.78, 5) is 14.3. The standard InChI is InChI=1S/C32H23N3O/c1-18-17-33-29(16-27(18)22-12-14-28-23(15-22)10-8-19(2)34-28)26-6-4-5-24-25-13-11-21-9-7-20(3)35-30(21)32(25)36-31(24)26/h4-17H,1-3H3. The molecule has 0 spiro atoms. The maximum atomic E-state index is 6.54. The lowest BCUT2D eigenvalue weighted by Crippen LogP contribution is -1.91. The first kappa shape index (κ1) is 20.8. The Labute approximate surface area is 208 Å². The van der Waals surface area contributed by atoms with E-state index in [0.29, 0.717) is 0 Å². The van der Waals surface area contributed by atoms with Crippen LogP contribution in [0.4, 0.5) is 0 Å². The number of para-hydroxylation sites is 1. The van der Waals surface area contributed by atoms with Gasteiger partial charge in [0.15, 0.2) is 5.58 Å². The van der Waals surface area contributed by atoms with Gasteiger partial charge in [0.1, 0.15) is 11.1 Å². The Morgan fingerprint density at radius 3 is 2.31 bits per heavy atom. The highest BCUT2D eigenvalue weighted by molar-refractivity contribution is 6.16. The van der Waals surface area contributed by atoms with Gasteiger partial charge in [-0.15, -0.1) is 0 Å². The van der Waals surface area contributed by atoms with Crippen molar-refractivity contribution in [2.45, 2.75) is 20.8 Å². The van der Waals surface area contributed by atoms with E-state index in [-0.39, 0.29) is 0 Å². The summed E-state index contributed by atoms with van der Waals surface area (Å²) in [5.41, 5.74) is 10.8. The first-order valence-electron chi connectivity index (χ1n) is 12.1. The molecule has 3 aromatic carbocycles. The van der Waals surface area contributed by atoms with Crippen LogP contribution in [0.2, 0.25) is 0 Å². The molecule has 4 aromatic heterocycles. The molecule has 0 saturated heterocycles. The number of aryl methyl sites for hydroxylation is 3. The second kappa shape index (κ2) is 7.72. The molecular formula is C32H23N3O. The fourth-order valence-corrected chi connectivity index (χ4v) is 5.12. The van der Waals surface area contributed by atoms with E-state index in [2.05, 4.69) is 84.7 Å². The normalized spacial score (nSPS) is 11.8. The zero-order valence-corrected chi connectivity index (χ0v) is 20.3. The van der Waals surface area contributed by atoms with Crippen LogP contribution in [0, 0.1) is 20.8 Å². The Bertz CT molecular complexity index is 1980. The van der Waals surface area contributed by atoms with Crippen molar-refractivity contribution < 1.29 is 4.42 Å². The molecule has 7 aromatic rings. The molecule has 7 rings (SSSR count). The van der Waals surface area contributed by atoms with Gasteiger partial charge in [0.2, 0.25) is 0 Å². The fraction of sp³-hybridized carbons (Fsp3) is 0.0938. The van der Waals surface area contributed by atoms with Crippen molar-refractivity contribution >= 4 is 43.7 Å². The summed E-state index contributed by atoms with van der Waals surface area (Å²) < 4.78 is 6.54. The molecule has 36 heavy (non-hydrogen) atoms. The van der Waals surface area contributed by atoms with Gasteiger partial charge in [-0.2, -0.15) is 0 Å². The summed E-state index contributed by atoms with van der Waals surface area (Å²) in [6.45, 7) is 6.13. The van der Waals surface area contributed by atoms with Gasteiger partial charge < -0.3 is 4.42 Å². The minimum Gasteiger partial charge on any atom is -0.453 e. The number of hydrogen-bond donors (Lipinski definition) is 0. The summed E-state index contributed by atoms with van der Waals surface area (Å²) in [5.74, 6) is 0. The molecule has 0 fully saturated rings. The van der Waals surface area contributed by atoms with Crippen molar-refractivity contribution in [3.05, 3.63) is 102 Å². The number of pyridine rings is 3. The third-order valence-electron chi connectivity index (χ3n) is 6.98. The molecule has 0 aliphatic heterocycles. The Morgan fingerprint density at radius 2 is 1.42 bits per heavy atom. The lowest BCUT2D eigenvalue weighted by molar-refractivity contribution is 0.672. The van der Waals surface area contributed by atoms with Crippen LogP contribution in [0.5, 0.6) is 0 Å². The minimum atomic E-state index is 0.823. The predicted molar refractivity (Wildman–Crippen MR) is 147 cm³/mol. The average Bonchev–Trinajstić information content (AvgIpc) is 3.28. The van der Waals surface area contributed by atoms with Crippen LogP contribution in [0.1, 0.15) is 17.0 Å². The van der Waals surface area contributed by atoms with E-state index in [4.69, 9.17) is 14.4 Å². The van der Waals surface area contributed by atoms with Gasteiger partial charge in [-0.05, 0) is 79.9 Å². The van der Waals surface area contributed by atoms with Crippen molar-refractivity contribution in [3.63, 3.8) is 0 Å². The molecule has 4 nitrogen and oxygen atoms in total. The number of nitrogens with zero attached hydrogens (tertiary/aromatic N) is 3. The molecule has 0 bridgehead atoms. The largest absolute Gasteiger partial charge is 0.453 e. The topological polar surface area (TPSA) is 51.8 Å².